The Morgan fingerprint density at radius 3 is 2.67 bits per heavy atom. The van der Waals surface area contributed by atoms with Crippen molar-refractivity contribution < 1.29 is 4.79 Å². The topological polar surface area (TPSA) is 68.0 Å². The molecule has 0 bridgehead atoms. The first kappa shape index (κ1) is 15.7. The number of hydrogen-bond donors (Lipinski definition) is 2. The van der Waals surface area contributed by atoms with Crippen LogP contribution >= 0.6 is 11.3 Å². The summed E-state index contributed by atoms with van der Waals surface area (Å²) in [6, 6.07) is 7.93. The van der Waals surface area contributed by atoms with E-state index in [0.717, 1.165) is 34.8 Å². The monoisotopic (exact) mass is 303 g/mol. The number of carbonyl (C=O) groups excluding carboxylic acids is 1. The molecular formula is C16H21N3OS. The van der Waals surface area contributed by atoms with Gasteiger partial charge in [-0.3, -0.25) is 4.79 Å². The van der Waals surface area contributed by atoms with E-state index in [1.165, 1.54) is 0 Å². The van der Waals surface area contributed by atoms with Gasteiger partial charge in [0, 0.05) is 29.1 Å². The maximum atomic E-state index is 11.8. The maximum Gasteiger partial charge on any atom is 0.224 e. The van der Waals surface area contributed by atoms with Crippen LogP contribution in [0.2, 0.25) is 0 Å². The third kappa shape index (κ3) is 4.95. The number of carbonyl (C=O) groups is 1. The number of nitrogens with two attached hydrogens (primary N) is 1. The van der Waals surface area contributed by atoms with Crippen LogP contribution in [-0.2, 0) is 4.79 Å². The molecule has 2 rings (SSSR count). The quantitative estimate of drug-likeness (QED) is 0.857. The van der Waals surface area contributed by atoms with Crippen molar-refractivity contribution in [1.82, 2.24) is 4.98 Å². The first-order valence-electron chi connectivity index (χ1n) is 7.12. The summed E-state index contributed by atoms with van der Waals surface area (Å²) in [5.41, 5.74) is 8.53. The Bertz CT molecular complexity index is 590. The van der Waals surface area contributed by atoms with E-state index in [1.54, 1.807) is 11.3 Å². The van der Waals surface area contributed by atoms with Crippen LogP contribution in [0.5, 0.6) is 0 Å². The minimum atomic E-state index is 0.0351. The van der Waals surface area contributed by atoms with Gasteiger partial charge in [-0.2, -0.15) is 0 Å². The molecule has 0 saturated carbocycles. The molecule has 1 aromatic carbocycles. The van der Waals surface area contributed by atoms with Crippen molar-refractivity contribution in [3.05, 3.63) is 34.7 Å². The molecule has 0 aliphatic carbocycles. The van der Waals surface area contributed by atoms with Crippen LogP contribution in [0.25, 0.3) is 11.3 Å². The zero-order chi connectivity index (χ0) is 15.2. The van der Waals surface area contributed by atoms with E-state index < -0.39 is 0 Å². The molecule has 112 valence electrons. The zero-order valence-corrected chi connectivity index (χ0v) is 13.2. The summed E-state index contributed by atoms with van der Waals surface area (Å²) < 4.78 is 0. The largest absolute Gasteiger partial charge is 0.328 e. The highest BCUT2D eigenvalue weighted by molar-refractivity contribution is 7.09. The van der Waals surface area contributed by atoms with Crippen molar-refractivity contribution in [2.24, 2.45) is 5.73 Å². The molecule has 2 aromatic rings. The predicted molar refractivity (Wildman–Crippen MR) is 88.4 cm³/mol. The minimum Gasteiger partial charge on any atom is -0.328 e. The first-order valence-corrected chi connectivity index (χ1v) is 8.00. The van der Waals surface area contributed by atoms with Gasteiger partial charge in [-0.15, -0.1) is 11.3 Å². The van der Waals surface area contributed by atoms with Crippen LogP contribution in [-0.4, -0.2) is 16.9 Å². The molecule has 1 amide bonds. The number of hydrogen-bond acceptors (Lipinski definition) is 4. The molecule has 0 aliphatic heterocycles. The number of anilines is 1. The SMILES string of the molecule is Cc1nc(-c2ccc(NC(=O)CCCC(C)N)cc2)cs1. The average molecular weight is 303 g/mol. The van der Waals surface area contributed by atoms with Crippen LogP contribution in [0, 0.1) is 6.92 Å². The van der Waals surface area contributed by atoms with Gasteiger partial charge in [0.15, 0.2) is 0 Å². The lowest BCUT2D eigenvalue weighted by molar-refractivity contribution is -0.116. The number of aryl methyl sites for hydroxylation is 1. The Labute approximate surface area is 129 Å². The van der Waals surface area contributed by atoms with E-state index in [1.807, 2.05) is 43.5 Å². The van der Waals surface area contributed by atoms with Gasteiger partial charge in [-0.25, -0.2) is 4.98 Å². The zero-order valence-electron chi connectivity index (χ0n) is 12.4. The Morgan fingerprint density at radius 1 is 1.38 bits per heavy atom. The lowest BCUT2D eigenvalue weighted by Gasteiger charge is -2.07. The number of nitrogens with zero attached hydrogens (tertiary/aromatic N) is 1. The van der Waals surface area contributed by atoms with Crippen LogP contribution in [0.1, 0.15) is 31.2 Å². The van der Waals surface area contributed by atoms with Crippen molar-refractivity contribution in [3.8, 4) is 11.3 Å². The maximum absolute atomic E-state index is 11.8. The van der Waals surface area contributed by atoms with Crippen molar-refractivity contribution in [1.29, 1.82) is 0 Å². The fraction of sp³-hybridized carbons (Fsp3) is 0.375. The molecule has 0 fully saturated rings. The Balaban J connectivity index is 1.89. The highest BCUT2D eigenvalue weighted by atomic mass is 32.1. The molecule has 4 nitrogen and oxygen atoms in total. The first-order chi connectivity index (χ1) is 10.0. The van der Waals surface area contributed by atoms with E-state index in [0.29, 0.717) is 6.42 Å². The summed E-state index contributed by atoms with van der Waals surface area (Å²) in [5.74, 6) is 0.0351. The molecule has 5 heteroatoms. The molecule has 0 radical (unpaired) electrons. The summed E-state index contributed by atoms with van der Waals surface area (Å²) in [4.78, 5) is 16.2. The van der Waals surface area contributed by atoms with Crippen LogP contribution in [0.4, 0.5) is 5.69 Å². The van der Waals surface area contributed by atoms with E-state index in [4.69, 9.17) is 5.73 Å². The molecule has 0 aliphatic rings. The van der Waals surface area contributed by atoms with Gasteiger partial charge in [-0.1, -0.05) is 12.1 Å². The molecule has 1 heterocycles. The average Bonchev–Trinajstić information content (AvgIpc) is 2.86. The molecule has 3 N–H and O–H groups in total. The van der Waals surface area contributed by atoms with Gasteiger partial charge >= 0.3 is 0 Å². The van der Waals surface area contributed by atoms with Gasteiger partial charge in [0.25, 0.3) is 0 Å². The van der Waals surface area contributed by atoms with Gasteiger partial charge in [0.05, 0.1) is 10.7 Å². The fourth-order valence-electron chi connectivity index (χ4n) is 2.03. The molecule has 1 atom stereocenters. The van der Waals surface area contributed by atoms with E-state index >= 15 is 0 Å². The Morgan fingerprint density at radius 2 is 2.10 bits per heavy atom. The number of benzene rings is 1. The van der Waals surface area contributed by atoms with Gasteiger partial charge in [-0.05, 0) is 38.8 Å². The minimum absolute atomic E-state index is 0.0351. The van der Waals surface area contributed by atoms with Crippen molar-refractivity contribution in [3.63, 3.8) is 0 Å². The Kier molecular flexibility index (Phi) is 5.47. The molecule has 1 aromatic heterocycles. The normalized spacial score (nSPS) is 12.1. The fourth-order valence-corrected chi connectivity index (χ4v) is 2.65. The summed E-state index contributed by atoms with van der Waals surface area (Å²) in [7, 11) is 0. The van der Waals surface area contributed by atoms with Gasteiger partial charge in [0.1, 0.15) is 0 Å². The number of aromatic nitrogens is 1. The highest BCUT2D eigenvalue weighted by Gasteiger charge is 2.05. The standard InChI is InChI=1S/C16H21N3OS/c1-11(17)4-3-5-16(20)19-14-8-6-13(7-9-14)15-10-21-12(2)18-15/h6-11H,3-5,17H2,1-2H3,(H,19,20). The second kappa shape index (κ2) is 7.33. The van der Waals surface area contributed by atoms with E-state index in [2.05, 4.69) is 10.3 Å². The summed E-state index contributed by atoms with van der Waals surface area (Å²) in [6.45, 7) is 3.95. The van der Waals surface area contributed by atoms with Crippen molar-refractivity contribution >= 4 is 22.9 Å². The van der Waals surface area contributed by atoms with Gasteiger partial charge in [0.2, 0.25) is 5.91 Å². The van der Waals surface area contributed by atoms with E-state index in [-0.39, 0.29) is 11.9 Å². The lowest BCUT2D eigenvalue weighted by Crippen LogP contribution is -2.16. The Hall–Kier alpha value is -1.72. The summed E-state index contributed by atoms with van der Waals surface area (Å²) in [5, 5.41) is 5.99. The number of amides is 1. The summed E-state index contributed by atoms with van der Waals surface area (Å²) in [6.07, 6.45) is 2.20. The predicted octanol–water partition coefficient (Wildman–Crippen LogP) is 3.57. The second-order valence-corrected chi connectivity index (χ2v) is 6.31. The molecule has 1 unspecified atom stereocenters. The van der Waals surface area contributed by atoms with Crippen LogP contribution < -0.4 is 11.1 Å². The number of thiazole rings is 1. The second-order valence-electron chi connectivity index (χ2n) is 5.25. The highest BCUT2D eigenvalue weighted by Crippen LogP contribution is 2.23. The smallest absolute Gasteiger partial charge is 0.224 e. The molecule has 0 saturated heterocycles. The molecule has 21 heavy (non-hydrogen) atoms. The van der Waals surface area contributed by atoms with E-state index in [9.17, 15) is 4.79 Å². The molecule has 0 spiro atoms. The number of rotatable bonds is 6. The van der Waals surface area contributed by atoms with Gasteiger partial charge < -0.3 is 11.1 Å². The lowest BCUT2D eigenvalue weighted by atomic mass is 10.1. The third-order valence-corrected chi connectivity index (χ3v) is 3.92. The molecular weight excluding hydrogens is 282 g/mol. The number of nitrogens with one attached hydrogen (secondary N) is 1. The summed E-state index contributed by atoms with van der Waals surface area (Å²) >= 11 is 1.63. The van der Waals surface area contributed by atoms with Crippen LogP contribution in [0.15, 0.2) is 29.6 Å². The van der Waals surface area contributed by atoms with Crippen molar-refractivity contribution in [2.45, 2.75) is 39.2 Å². The van der Waals surface area contributed by atoms with Crippen LogP contribution in [0.3, 0.4) is 0 Å². The third-order valence-electron chi connectivity index (χ3n) is 3.15. The van der Waals surface area contributed by atoms with Crippen molar-refractivity contribution in [2.75, 3.05) is 5.32 Å².